The topological polar surface area (TPSA) is 106 Å². The maximum absolute atomic E-state index is 12.2. The first kappa shape index (κ1) is 21.8. The van der Waals surface area contributed by atoms with Crippen molar-refractivity contribution in [1.29, 1.82) is 0 Å². The van der Waals surface area contributed by atoms with E-state index in [1.807, 2.05) is 52.2 Å². The Kier molecular flexibility index (Phi) is 6.09. The standard InChI is InChI=1S/C23H29N7O2/c1-23(2,3)29-28-22(31)32-20-7-5-6-15-10-16(8-9-18(15)20)19-11-21(25-14-24-19)27-17-12-26-30(4)13-17/h8-14,20,29H,5-7H2,1-4H3,(H,28,31)(H,24,25,27). The minimum Gasteiger partial charge on any atom is -0.440 e. The molecule has 4 rings (SSSR count). The summed E-state index contributed by atoms with van der Waals surface area (Å²) in [5, 5.41) is 7.40. The number of anilines is 2. The van der Waals surface area contributed by atoms with Gasteiger partial charge in [0.25, 0.3) is 0 Å². The zero-order valence-corrected chi connectivity index (χ0v) is 18.8. The van der Waals surface area contributed by atoms with Crippen LogP contribution < -0.4 is 16.2 Å². The molecule has 2 heterocycles. The molecule has 3 N–H and O–H groups in total. The molecule has 1 aliphatic rings. The summed E-state index contributed by atoms with van der Waals surface area (Å²) in [6, 6.07) is 8.10. The van der Waals surface area contributed by atoms with E-state index in [-0.39, 0.29) is 11.6 Å². The van der Waals surface area contributed by atoms with Crippen LogP contribution >= 0.6 is 0 Å². The SMILES string of the molecule is Cn1cc(Nc2cc(-c3ccc4c(c3)CCCC4OC(=O)NNC(C)(C)C)ncn2)cn1. The number of hydrogen-bond donors (Lipinski definition) is 3. The lowest BCUT2D eigenvalue weighted by Crippen LogP contribution is -2.49. The summed E-state index contributed by atoms with van der Waals surface area (Å²) in [4.78, 5) is 21.0. The Labute approximate surface area is 187 Å². The number of fused-ring (bicyclic) bond motifs is 1. The van der Waals surface area contributed by atoms with Crippen molar-refractivity contribution in [3.05, 3.63) is 54.1 Å². The molecule has 0 saturated carbocycles. The Morgan fingerprint density at radius 1 is 1.22 bits per heavy atom. The van der Waals surface area contributed by atoms with Crippen LogP contribution in [0.1, 0.15) is 50.8 Å². The van der Waals surface area contributed by atoms with Crippen molar-refractivity contribution in [2.75, 3.05) is 5.32 Å². The molecule has 0 bridgehead atoms. The molecule has 1 amide bonds. The first-order valence-corrected chi connectivity index (χ1v) is 10.7. The number of benzene rings is 1. The summed E-state index contributed by atoms with van der Waals surface area (Å²) < 4.78 is 7.42. The molecule has 1 atom stereocenters. The second-order valence-corrected chi connectivity index (χ2v) is 9.02. The van der Waals surface area contributed by atoms with E-state index < -0.39 is 6.09 Å². The Morgan fingerprint density at radius 2 is 2.06 bits per heavy atom. The van der Waals surface area contributed by atoms with Gasteiger partial charge in [-0.1, -0.05) is 12.1 Å². The molecule has 168 valence electrons. The lowest BCUT2D eigenvalue weighted by molar-refractivity contribution is 0.0808. The first-order valence-electron chi connectivity index (χ1n) is 10.7. The minimum atomic E-state index is -0.469. The van der Waals surface area contributed by atoms with Gasteiger partial charge in [-0.05, 0) is 57.2 Å². The molecule has 9 heteroatoms. The number of aromatic nitrogens is 4. The van der Waals surface area contributed by atoms with Gasteiger partial charge in [0.2, 0.25) is 0 Å². The summed E-state index contributed by atoms with van der Waals surface area (Å²) in [6.45, 7) is 5.90. The van der Waals surface area contributed by atoms with Crippen LogP contribution in [-0.2, 0) is 18.2 Å². The monoisotopic (exact) mass is 435 g/mol. The van der Waals surface area contributed by atoms with Crippen molar-refractivity contribution in [3.8, 4) is 11.3 Å². The van der Waals surface area contributed by atoms with E-state index in [1.54, 1.807) is 17.2 Å². The van der Waals surface area contributed by atoms with Crippen LogP contribution in [0.4, 0.5) is 16.3 Å². The highest BCUT2D eigenvalue weighted by molar-refractivity contribution is 5.68. The van der Waals surface area contributed by atoms with Gasteiger partial charge in [0.1, 0.15) is 18.2 Å². The molecule has 1 unspecified atom stereocenters. The zero-order valence-electron chi connectivity index (χ0n) is 18.8. The van der Waals surface area contributed by atoms with E-state index in [4.69, 9.17) is 4.74 Å². The second-order valence-electron chi connectivity index (χ2n) is 9.02. The number of carbonyl (C=O) groups is 1. The van der Waals surface area contributed by atoms with Gasteiger partial charge in [0.15, 0.2) is 0 Å². The summed E-state index contributed by atoms with van der Waals surface area (Å²) in [5.74, 6) is 0.699. The van der Waals surface area contributed by atoms with Gasteiger partial charge in [0.05, 0.1) is 17.6 Å². The number of carbonyl (C=O) groups excluding carboxylic acids is 1. The van der Waals surface area contributed by atoms with Crippen molar-refractivity contribution in [1.82, 2.24) is 30.6 Å². The van der Waals surface area contributed by atoms with Gasteiger partial charge in [-0.3, -0.25) is 10.1 Å². The van der Waals surface area contributed by atoms with Crippen molar-refractivity contribution in [2.45, 2.75) is 51.7 Å². The average molecular weight is 436 g/mol. The van der Waals surface area contributed by atoms with Crippen LogP contribution in [0, 0.1) is 0 Å². The minimum absolute atomic E-state index is 0.235. The van der Waals surface area contributed by atoms with Gasteiger partial charge < -0.3 is 10.1 Å². The fourth-order valence-corrected chi connectivity index (χ4v) is 3.67. The molecule has 0 spiro atoms. The third-order valence-corrected chi connectivity index (χ3v) is 5.13. The molecule has 1 aromatic carbocycles. The van der Waals surface area contributed by atoms with E-state index in [2.05, 4.69) is 37.3 Å². The molecule has 9 nitrogen and oxygen atoms in total. The summed E-state index contributed by atoms with van der Waals surface area (Å²) in [7, 11) is 1.87. The van der Waals surface area contributed by atoms with Crippen molar-refractivity contribution < 1.29 is 9.53 Å². The third-order valence-electron chi connectivity index (χ3n) is 5.13. The van der Waals surface area contributed by atoms with Crippen LogP contribution in [0.3, 0.4) is 0 Å². The molecule has 0 fully saturated rings. The molecule has 0 saturated heterocycles. The molecular formula is C23H29N7O2. The van der Waals surface area contributed by atoms with Crippen LogP contribution in [0.2, 0.25) is 0 Å². The molecule has 1 aliphatic carbocycles. The number of hydrogen-bond acceptors (Lipinski definition) is 7. The largest absolute Gasteiger partial charge is 0.440 e. The maximum atomic E-state index is 12.2. The lowest BCUT2D eigenvalue weighted by Gasteiger charge is -2.27. The highest BCUT2D eigenvalue weighted by atomic mass is 16.6. The van der Waals surface area contributed by atoms with Gasteiger partial charge in [0, 0.05) is 30.4 Å². The van der Waals surface area contributed by atoms with E-state index in [0.29, 0.717) is 5.82 Å². The Bertz CT molecular complexity index is 1100. The van der Waals surface area contributed by atoms with Gasteiger partial charge in [-0.25, -0.2) is 20.2 Å². The molecule has 32 heavy (non-hydrogen) atoms. The Balaban J connectivity index is 1.49. The van der Waals surface area contributed by atoms with Gasteiger partial charge in [-0.2, -0.15) is 5.10 Å². The normalized spacial score (nSPS) is 15.7. The quantitative estimate of drug-likeness (QED) is 0.520. The second kappa shape index (κ2) is 8.96. The number of amides is 1. The summed E-state index contributed by atoms with van der Waals surface area (Å²) >= 11 is 0. The number of aryl methyl sites for hydroxylation is 2. The zero-order chi connectivity index (χ0) is 22.7. The number of nitrogens with one attached hydrogen (secondary N) is 3. The molecule has 2 aromatic heterocycles. The van der Waals surface area contributed by atoms with E-state index in [1.165, 1.54) is 5.56 Å². The number of nitrogens with zero attached hydrogens (tertiary/aromatic N) is 4. The maximum Gasteiger partial charge on any atom is 0.422 e. The van der Waals surface area contributed by atoms with Gasteiger partial charge >= 0.3 is 6.09 Å². The van der Waals surface area contributed by atoms with Crippen molar-refractivity contribution in [3.63, 3.8) is 0 Å². The number of ether oxygens (including phenoxy) is 1. The fraction of sp³-hybridized carbons (Fsp3) is 0.391. The fourth-order valence-electron chi connectivity index (χ4n) is 3.67. The average Bonchev–Trinajstić information content (AvgIpc) is 3.16. The first-order chi connectivity index (χ1) is 15.3. The molecule has 0 aliphatic heterocycles. The summed E-state index contributed by atoms with van der Waals surface area (Å²) in [6.07, 6.45) is 7.15. The highest BCUT2D eigenvalue weighted by Gasteiger charge is 2.24. The molecule has 0 radical (unpaired) electrons. The predicted molar refractivity (Wildman–Crippen MR) is 122 cm³/mol. The number of hydrazine groups is 1. The molecule has 3 aromatic rings. The van der Waals surface area contributed by atoms with Crippen LogP contribution in [-0.4, -0.2) is 31.4 Å². The van der Waals surface area contributed by atoms with Crippen LogP contribution in [0.15, 0.2) is 43.0 Å². The Hall–Kier alpha value is -3.46. The van der Waals surface area contributed by atoms with Crippen LogP contribution in [0.5, 0.6) is 0 Å². The number of rotatable bonds is 5. The van der Waals surface area contributed by atoms with Crippen molar-refractivity contribution in [2.24, 2.45) is 7.05 Å². The highest BCUT2D eigenvalue weighted by Crippen LogP contribution is 2.35. The Morgan fingerprint density at radius 3 is 2.81 bits per heavy atom. The molecular weight excluding hydrogens is 406 g/mol. The predicted octanol–water partition coefficient (Wildman–Crippen LogP) is 4.03. The lowest BCUT2D eigenvalue weighted by atomic mass is 9.87. The van der Waals surface area contributed by atoms with E-state index >= 15 is 0 Å². The van der Waals surface area contributed by atoms with Gasteiger partial charge in [-0.15, -0.1) is 0 Å². The third kappa shape index (κ3) is 5.42. The van der Waals surface area contributed by atoms with Crippen LogP contribution in [0.25, 0.3) is 11.3 Å². The van der Waals surface area contributed by atoms with E-state index in [0.717, 1.165) is 41.8 Å². The summed E-state index contributed by atoms with van der Waals surface area (Å²) in [5.41, 5.74) is 10.2. The smallest absolute Gasteiger partial charge is 0.422 e. The van der Waals surface area contributed by atoms with E-state index in [9.17, 15) is 4.79 Å². The van der Waals surface area contributed by atoms with Crippen molar-refractivity contribution >= 4 is 17.6 Å².